The maximum Gasteiger partial charge on any atom is 0.251 e. The number of aromatic nitrogens is 1. The predicted molar refractivity (Wildman–Crippen MR) is 109 cm³/mol. The number of fused-ring (bicyclic) bond motifs is 1. The molecule has 1 N–H and O–H groups in total. The van der Waals surface area contributed by atoms with E-state index in [1.54, 1.807) is 26.4 Å². The Morgan fingerprint density at radius 1 is 1.14 bits per heavy atom. The second kappa shape index (κ2) is 9.23. The molecule has 0 fully saturated rings. The molecule has 0 aliphatic carbocycles. The summed E-state index contributed by atoms with van der Waals surface area (Å²) in [6.45, 7) is 1.02. The third-order valence-electron chi connectivity index (χ3n) is 4.88. The van der Waals surface area contributed by atoms with Crippen LogP contribution in [0.4, 0.5) is 0 Å². The zero-order chi connectivity index (χ0) is 20.9. The van der Waals surface area contributed by atoms with Crippen molar-refractivity contribution in [3.63, 3.8) is 0 Å². The van der Waals surface area contributed by atoms with Gasteiger partial charge in [0.2, 0.25) is 10.0 Å². The van der Waals surface area contributed by atoms with Gasteiger partial charge in [-0.3, -0.25) is 9.78 Å². The lowest BCUT2D eigenvalue weighted by molar-refractivity contribution is 0.0953. The van der Waals surface area contributed by atoms with Crippen LogP contribution < -0.4 is 14.8 Å². The average molecular weight is 420 g/mol. The maximum atomic E-state index is 12.7. The number of sulfonamides is 1. The number of carbonyl (C=O) groups is 1. The van der Waals surface area contributed by atoms with Gasteiger partial charge in [-0.15, -0.1) is 0 Å². The summed E-state index contributed by atoms with van der Waals surface area (Å²) in [7, 11) is -0.286. The molecule has 1 aromatic carbocycles. The summed E-state index contributed by atoms with van der Waals surface area (Å²) in [5.41, 5.74) is 2.49. The van der Waals surface area contributed by atoms with Gasteiger partial charge in [0.25, 0.3) is 5.91 Å². The van der Waals surface area contributed by atoms with Crippen LogP contribution in [-0.4, -0.2) is 56.7 Å². The molecular formula is C20H25N3O5S. The van der Waals surface area contributed by atoms with E-state index in [1.165, 1.54) is 16.7 Å². The van der Waals surface area contributed by atoms with Crippen LogP contribution in [0.5, 0.6) is 11.5 Å². The van der Waals surface area contributed by atoms with Crippen LogP contribution in [0.25, 0.3) is 0 Å². The molecule has 0 unspecified atom stereocenters. The first-order chi connectivity index (χ1) is 13.9. The van der Waals surface area contributed by atoms with Gasteiger partial charge in [0.1, 0.15) is 0 Å². The van der Waals surface area contributed by atoms with E-state index in [1.807, 2.05) is 12.1 Å². The van der Waals surface area contributed by atoms with Crippen molar-refractivity contribution in [3.8, 4) is 11.5 Å². The monoisotopic (exact) mass is 419 g/mol. The third-order valence-corrected chi connectivity index (χ3v) is 6.79. The summed E-state index contributed by atoms with van der Waals surface area (Å²) in [6.07, 6.45) is 4.04. The fraction of sp³-hybridized carbons (Fsp3) is 0.400. The van der Waals surface area contributed by atoms with E-state index in [2.05, 4.69) is 10.3 Å². The van der Waals surface area contributed by atoms with Crippen molar-refractivity contribution < 1.29 is 22.7 Å². The van der Waals surface area contributed by atoms with Gasteiger partial charge in [0.15, 0.2) is 11.5 Å². The van der Waals surface area contributed by atoms with E-state index in [0.717, 1.165) is 11.1 Å². The van der Waals surface area contributed by atoms with Gasteiger partial charge in [0, 0.05) is 37.6 Å². The Morgan fingerprint density at radius 2 is 1.79 bits per heavy atom. The topological polar surface area (TPSA) is 97.8 Å². The molecule has 1 aliphatic heterocycles. The lowest BCUT2D eigenvalue weighted by Gasteiger charge is -2.29. The van der Waals surface area contributed by atoms with Gasteiger partial charge < -0.3 is 14.8 Å². The minimum atomic E-state index is -3.42. The zero-order valence-electron chi connectivity index (χ0n) is 16.6. The minimum Gasteiger partial charge on any atom is -0.493 e. The highest BCUT2D eigenvalue weighted by Crippen LogP contribution is 2.33. The quantitative estimate of drug-likeness (QED) is 0.653. The van der Waals surface area contributed by atoms with Gasteiger partial charge in [-0.25, -0.2) is 8.42 Å². The summed E-state index contributed by atoms with van der Waals surface area (Å²) < 4.78 is 37.6. The number of nitrogens with zero attached hydrogens (tertiary/aromatic N) is 2. The summed E-state index contributed by atoms with van der Waals surface area (Å²) in [6, 6.07) is 6.97. The second-order valence-electron chi connectivity index (χ2n) is 6.72. The SMILES string of the molecule is COc1cc2c(cc1OC)CN(S(=O)(=O)CCCNC(=O)c1ccncc1)CC2. The molecule has 2 heterocycles. The molecule has 0 atom stereocenters. The normalized spacial score (nSPS) is 14.1. The van der Waals surface area contributed by atoms with Crippen LogP contribution in [0, 0.1) is 0 Å². The lowest BCUT2D eigenvalue weighted by Crippen LogP contribution is -2.38. The highest BCUT2D eigenvalue weighted by Gasteiger charge is 2.27. The van der Waals surface area contributed by atoms with E-state index in [-0.39, 0.29) is 18.2 Å². The highest BCUT2D eigenvalue weighted by molar-refractivity contribution is 7.89. The van der Waals surface area contributed by atoms with Crippen LogP contribution in [0.1, 0.15) is 27.9 Å². The van der Waals surface area contributed by atoms with Crippen molar-refractivity contribution in [1.82, 2.24) is 14.6 Å². The molecule has 29 heavy (non-hydrogen) atoms. The largest absolute Gasteiger partial charge is 0.493 e. The van der Waals surface area contributed by atoms with Gasteiger partial charge in [-0.1, -0.05) is 0 Å². The summed E-state index contributed by atoms with van der Waals surface area (Å²) in [4.78, 5) is 15.9. The predicted octanol–water partition coefficient (Wildman–Crippen LogP) is 1.61. The van der Waals surface area contributed by atoms with E-state index in [0.29, 0.717) is 43.0 Å². The number of pyridine rings is 1. The first-order valence-corrected chi connectivity index (χ1v) is 11.0. The number of carbonyl (C=O) groups excluding carboxylic acids is 1. The summed E-state index contributed by atoms with van der Waals surface area (Å²) in [5.74, 6) is 0.973. The van der Waals surface area contributed by atoms with Crippen LogP contribution in [0.2, 0.25) is 0 Å². The molecule has 1 aliphatic rings. The summed E-state index contributed by atoms with van der Waals surface area (Å²) >= 11 is 0. The molecule has 0 spiro atoms. The van der Waals surface area contributed by atoms with E-state index in [9.17, 15) is 13.2 Å². The summed E-state index contributed by atoms with van der Waals surface area (Å²) in [5, 5.41) is 2.74. The number of methoxy groups -OCH3 is 2. The number of hydrogen-bond donors (Lipinski definition) is 1. The lowest BCUT2D eigenvalue weighted by atomic mass is 10.0. The zero-order valence-corrected chi connectivity index (χ0v) is 17.4. The Bertz CT molecular complexity index is 964. The van der Waals surface area contributed by atoms with Crippen molar-refractivity contribution in [3.05, 3.63) is 53.3 Å². The molecule has 156 valence electrons. The van der Waals surface area contributed by atoms with E-state index in [4.69, 9.17) is 9.47 Å². The van der Waals surface area contributed by atoms with Crippen LogP contribution in [-0.2, 0) is 23.0 Å². The van der Waals surface area contributed by atoms with E-state index >= 15 is 0 Å². The molecule has 0 saturated carbocycles. The smallest absolute Gasteiger partial charge is 0.251 e. The standard InChI is InChI=1S/C20H25N3O5S/c1-27-18-12-16-6-10-23(14-17(16)13-19(18)28-2)29(25,26)11-3-7-22-20(24)15-4-8-21-9-5-15/h4-5,8-9,12-13H,3,6-7,10-11,14H2,1-2H3,(H,22,24). The molecular weight excluding hydrogens is 394 g/mol. The second-order valence-corrected chi connectivity index (χ2v) is 8.81. The van der Waals surface area contributed by atoms with Gasteiger partial charge >= 0.3 is 0 Å². The maximum absolute atomic E-state index is 12.7. The van der Waals surface area contributed by atoms with Crippen LogP contribution in [0.15, 0.2) is 36.7 Å². The number of nitrogens with one attached hydrogen (secondary N) is 1. The first kappa shape index (κ1) is 21.1. The minimum absolute atomic E-state index is 0.0216. The molecule has 0 saturated heterocycles. The molecule has 1 amide bonds. The van der Waals surface area contributed by atoms with Gasteiger partial charge in [-0.05, 0) is 48.2 Å². The van der Waals surface area contributed by atoms with Crippen molar-refractivity contribution in [1.29, 1.82) is 0 Å². The molecule has 8 nitrogen and oxygen atoms in total. The van der Waals surface area contributed by atoms with Gasteiger partial charge in [-0.2, -0.15) is 4.31 Å². The number of hydrogen-bond acceptors (Lipinski definition) is 6. The Morgan fingerprint density at radius 3 is 2.45 bits per heavy atom. The Kier molecular flexibility index (Phi) is 6.71. The Balaban J connectivity index is 1.56. The van der Waals surface area contributed by atoms with E-state index < -0.39 is 10.0 Å². The fourth-order valence-electron chi connectivity index (χ4n) is 3.29. The number of benzene rings is 1. The molecule has 1 aromatic heterocycles. The number of amides is 1. The molecule has 2 aromatic rings. The molecule has 0 bridgehead atoms. The Labute approximate surface area is 170 Å². The van der Waals surface area contributed by atoms with Crippen LogP contribution >= 0.6 is 0 Å². The molecule has 3 rings (SSSR count). The molecule has 9 heteroatoms. The van der Waals surface area contributed by atoms with Gasteiger partial charge in [0.05, 0.1) is 20.0 Å². The van der Waals surface area contributed by atoms with Crippen molar-refractivity contribution in [2.24, 2.45) is 0 Å². The van der Waals surface area contributed by atoms with Crippen molar-refractivity contribution >= 4 is 15.9 Å². The first-order valence-electron chi connectivity index (χ1n) is 9.34. The van der Waals surface area contributed by atoms with Crippen LogP contribution in [0.3, 0.4) is 0 Å². The third kappa shape index (κ3) is 5.04. The number of rotatable bonds is 8. The number of ether oxygens (including phenoxy) is 2. The highest BCUT2D eigenvalue weighted by atomic mass is 32.2. The fourth-order valence-corrected chi connectivity index (χ4v) is 4.76. The van der Waals surface area contributed by atoms with Crippen molar-refractivity contribution in [2.75, 3.05) is 33.1 Å². The molecule has 0 radical (unpaired) electrons. The Hall–Kier alpha value is -2.65. The average Bonchev–Trinajstić information content (AvgIpc) is 2.75. The van der Waals surface area contributed by atoms with Crippen molar-refractivity contribution in [2.45, 2.75) is 19.4 Å².